The zero-order valence-corrected chi connectivity index (χ0v) is 14.4. The molecule has 2 aliphatic rings. The fourth-order valence-electron chi connectivity index (χ4n) is 3.44. The molecule has 2 fully saturated rings. The maximum Gasteiger partial charge on any atom is 0.407 e. The third-order valence-corrected chi connectivity index (χ3v) is 5.03. The maximum atomic E-state index is 12.0. The van der Waals surface area contributed by atoms with Crippen LogP contribution in [0.1, 0.15) is 26.7 Å². The number of alkyl carbamates (subject to hydrolysis) is 1. The van der Waals surface area contributed by atoms with E-state index in [4.69, 9.17) is 4.74 Å². The van der Waals surface area contributed by atoms with Gasteiger partial charge in [0.25, 0.3) is 0 Å². The minimum atomic E-state index is -0.265. The van der Waals surface area contributed by atoms with E-state index in [1.165, 1.54) is 0 Å². The number of ether oxygens (including phenoxy) is 1. The number of nitrogens with zero attached hydrogens (tertiary/aromatic N) is 3. The molecule has 0 saturated carbocycles. The van der Waals surface area contributed by atoms with Crippen LogP contribution in [0.4, 0.5) is 4.79 Å². The molecule has 6 heteroatoms. The van der Waals surface area contributed by atoms with Crippen molar-refractivity contribution in [3.8, 4) is 0 Å². The summed E-state index contributed by atoms with van der Waals surface area (Å²) in [5.41, 5.74) is -0.132. The number of amides is 1. The molecular formula is C16H32N4O2. The van der Waals surface area contributed by atoms with Crippen molar-refractivity contribution in [1.29, 1.82) is 0 Å². The molecule has 0 spiro atoms. The van der Waals surface area contributed by atoms with Crippen molar-refractivity contribution < 1.29 is 9.53 Å². The molecule has 0 radical (unpaired) electrons. The van der Waals surface area contributed by atoms with Crippen LogP contribution >= 0.6 is 0 Å². The molecule has 0 unspecified atom stereocenters. The van der Waals surface area contributed by atoms with E-state index in [-0.39, 0.29) is 11.6 Å². The quantitative estimate of drug-likeness (QED) is 0.815. The van der Waals surface area contributed by atoms with Gasteiger partial charge in [-0.25, -0.2) is 4.79 Å². The summed E-state index contributed by atoms with van der Waals surface area (Å²) >= 11 is 0. The van der Waals surface area contributed by atoms with E-state index in [9.17, 15) is 4.79 Å². The highest BCUT2D eigenvalue weighted by Gasteiger charge is 2.37. The normalized spacial score (nSPS) is 24.1. The number of hydrogen-bond donors (Lipinski definition) is 1. The molecule has 0 aliphatic carbocycles. The summed E-state index contributed by atoms with van der Waals surface area (Å²) < 4.78 is 5.13. The predicted octanol–water partition coefficient (Wildman–Crippen LogP) is 0.834. The lowest BCUT2D eigenvalue weighted by Crippen LogP contribution is -2.62. The van der Waals surface area contributed by atoms with Crippen LogP contribution < -0.4 is 5.32 Å². The van der Waals surface area contributed by atoms with Crippen LogP contribution in [0.15, 0.2) is 0 Å². The van der Waals surface area contributed by atoms with Gasteiger partial charge in [-0.05, 0) is 33.4 Å². The molecule has 0 aromatic carbocycles. The van der Waals surface area contributed by atoms with E-state index < -0.39 is 0 Å². The Hall–Kier alpha value is -0.850. The lowest BCUT2D eigenvalue weighted by molar-refractivity contribution is 0.0646. The number of carbonyl (C=O) groups excluding carboxylic acids is 1. The van der Waals surface area contributed by atoms with Gasteiger partial charge in [0.2, 0.25) is 0 Å². The third kappa shape index (κ3) is 4.83. The largest absolute Gasteiger partial charge is 0.450 e. The number of likely N-dealkylation sites (N-methyl/N-ethyl adjacent to an activating group) is 1. The second-order valence-electron chi connectivity index (χ2n) is 6.64. The Labute approximate surface area is 134 Å². The first-order chi connectivity index (χ1) is 10.6. The van der Waals surface area contributed by atoms with Crippen molar-refractivity contribution >= 4 is 6.09 Å². The Balaban J connectivity index is 1.94. The number of hydrogen-bond acceptors (Lipinski definition) is 5. The van der Waals surface area contributed by atoms with Crippen molar-refractivity contribution in [3.05, 3.63) is 0 Å². The van der Waals surface area contributed by atoms with Crippen molar-refractivity contribution in [2.24, 2.45) is 0 Å². The minimum absolute atomic E-state index is 0.132. The number of piperazine rings is 1. The summed E-state index contributed by atoms with van der Waals surface area (Å²) in [7, 11) is 2.15. The van der Waals surface area contributed by atoms with E-state index in [1.54, 1.807) is 0 Å². The molecule has 2 rings (SSSR count). The topological polar surface area (TPSA) is 48.1 Å². The summed E-state index contributed by atoms with van der Waals surface area (Å²) in [4.78, 5) is 19.3. The molecule has 22 heavy (non-hydrogen) atoms. The Kier molecular flexibility index (Phi) is 6.47. The number of rotatable bonds is 5. The van der Waals surface area contributed by atoms with Crippen LogP contribution in [-0.4, -0.2) is 92.3 Å². The fourth-order valence-corrected chi connectivity index (χ4v) is 3.44. The minimum Gasteiger partial charge on any atom is -0.450 e. The highest BCUT2D eigenvalue weighted by Crippen LogP contribution is 2.24. The second-order valence-corrected chi connectivity index (χ2v) is 6.64. The highest BCUT2D eigenvalue weighted by atomic mass is 16.5. The first-order valence-electron chi connectivity index (χ1n) is 8.65. The van der Waals surface area contributed by atoms with Gasteiger partial charge in [0.1, 0.15) is 0 Å². The van der Waals surface area contributed by atoms with Crippen LogP contribution in [0.3, 0.4) is 0 Å². The lowest BCUT2D eigenvalue weighted by Gasteiger charge is -2.45. The first kappa shape index (κ1) is 17.5. The Morgan fingerprint density at radius 3 is 2.18 bits per heavy atom. The molecule has 0 bridgehead atoms. The van der Waals surface area contributed by atoms with Crippen molar-refractivity contribution in [1.82, 2.24) is 20.0 Å². The predicted molar refractivity (Wildman–Crippen MR) is 88.2 cm³/mol. The molecule has 1 amide bonds. The van der Waals surface area contributed by atoms with Crippen LogP contribution in [0.2, 0.25) is 0 Å². The van der Waals surface area contributed by atoms with E-state index in [0.717, 1.165) is 65.2 Å². The zero-order valence-electron chi connectivity index (χ0n) is 14.4. The van der Waals surface area contributed by atoms with Gasteiger partial charge < -0.3 is 19.9 Å². The second kappa shape index (κ2) is 8.13. The average Bonchev–Trinajstić information content (AvgIpc) is 2.51. The number of piperidine rings is 1. The maximum absolute atomic E-state index is 12.0. The third-order valence-electron chi connectivity index (χ3n) is 5.03. The Bertz CT molecular complexity index is 348. The van der Waals surface area contributed by atoms with Crippen LogP contribution in [0.25, 0.3) is 0 Å². The molecule has 0 aromatic heterocycles. The summed E-state index contributed by atoms with van der Waals surface area (Å²) in [6, 6.07) is 0. The molecule has 2 heterocycles. The monoisotopic (exact) mass is 312 g/mol. The van der Waals surface area contributed by atoms with E-state index in [2.05, 4.69) is 34.0 Å². The summed E-state index contributed by atoms with van der Waals surface area (Å²) in [6.07, 6.45) is 1.73. The molecule has 6 nitrogen and oxygen atoms in total. The van der Waals surface area contributed by atoms with Gasteiger partial charge in [-0.1, -0.05) is 6.92 Å². The SMILES string of the molecule is CCOC(=O)NC1(CN2CCN(CC)CC2)CCN(C)CC1. The number of carbonyl (C=O) groups is 1. The summed E-state index contributed by atoms with van der Waals surface area (Å²) in [6.45, 7) is 13.1. The van der Waals surface area contributed by atoms with E-state index in [1.807, 2.05) is 6.92 Å². The fraction of sp³-hybridized carbons (Fsp3) is 0.938. The Morgan fingerprint density at radius 1 is 1.05 bits per heavy atom. The van der Waals surface area contributed by atoms with Gasteiger partial charge in [-0.15, -0.1) is 0 Å². The highest BCUT2D eigenvalue weighted by molar-refractivity contribution is 5.68. The number of nitrogens with one attached hydrogen (secondary N) is 1. The van der Waals surface area contributed by atoms with Gasteiger partial charge in [-0.3, -0.25) is 4.90 Å². The number of likely N-dealkylation sites (tertiary alicyclic amines) is 1. The molecule has 0 atom stereocenters. The zero-order chi connectivity index (χ0) is 16.0. The van der Waals surface area contributed by atoms with Gasteiger partial charge >= 0.3 is 6.09 Å². The van der Waals surface area contributed by atoms with Crippen LogP contribution in [0.5, 0.6) is 0 Å². The van der Waals surface area contributed by atoms with Crippen molar-refractivity contribution in [3.63, 3.8) is 0 Å². The molecule has 2 saturated heterocycles. The van der Waals surface area contributed by atoms with Gasteiger partial charge in [0.05, 0.1) is 12.1 Å². The summed E-state index contributed by atoms with van der Waals surface area (Å²) in [5, 5.41) is 3.18. The molecular weight excluding hydrogens is 280 g/mol. The molecule has 128 valence electrons. The van der Waals surface area contributed by atoms with Gasteiger partial charge in [0.15, 0.2) is 0 Å². The van der Waals surface area contributed by atoms with Crippen LogP contribution in [-0.2, 0) is 4.74 Å². The molecule has 1 N–H and O–H groups in total. The van der Waals surface area contributed by atoms with Crippen LogP contribution in [0, 0.1) is 0 Å². The van der Waals surface area contributed by atoms with Crippen molar-refractivity contribution in [2.45, 2.75) is 32.2 Å². The van der Waals surface area contributed by atoms with E-state index in [0.29, 0.717) is 6.61 Å². The Morgan fingerprint density at radius 2 is 1.64 bits per heavy atom. The van der Waals surface area contributed by atoms with Gasteiger partial charge in [0, 0.05) is 45.8 Å². The summed E-state index contributed by atoms with van der Waals surface area (Å²) in [5.74, 6) is 0. The lowest BCUT2D eigenvalue weighted by atomic mass is 9.87. The van der Waals surface area contributed by atoms with Gasteiger partial charge in [-0.2, -0.15) is 0 Å². The van der Waals surface area contributed by atoms with Crippen molar-refractivity contribution in [2.75, 3.05) is 66.0 Å². The first-order valence-corrected chi connectivity index (χ1v) is 8.65. The standard InChI is InChI=1S/C16H32N4O2/c1-4-19-10-12-20(13-11-19)14-16(17-15(21)22-5-2)6-8-18(3)9-7-16/h4-14H2,1-3H3,(H,17,21). The molecule has 0 aromatic rings. The smallest absolute Gasteiger partial charge is 0.407 e. The van der Waals surface area contributed by atoms with E-state index >= 15 is 0 Å². The average molecular weight is 312 g/mol. The molecule has 2 aliphatic heterocycles.